The lowest BCUT2D eigenvalue weighted by Gasteiger charge is -2.59. The fraction of sp³-hybridized carbons (Fsp3) is 0.340. The molecule has 6 unspecified atom stereocenters. The number of likely N-dealkylation sites (N-methyl/N-ethyl adjacent to an activating group) is 1. The Bertz CT molecular complexity index is 2500. The molecule has 0 saturated heterocycles. The van der Waals surface area contributed by atoms with Crippen LogP contribution >= 0.6 is 0 Å². The summed E-state index contributed by atoms with van der Waals surface area (Å²) in [5.41, 5.74) is 4.48. The lowest BCUT2D eigenvalue weighted by molar-refractivity contribution is -0.252. The van der Waals surface area contributed by atoms with Gasteiger partial charge in [-0.1, -0.05) is 90.8 Å². The fourth-order valence-corrected chi connectivity index (χ4v) is 9.95. The van der Waals surface area contributed by atoms with E-state index in [-0.39, 0.29) is 56.5 Å². The van der Waals surface area contributed by atoms with E-state index in [4.69, 9.17) is 24.2 Å². The van der Waals surface area contributed by atoms with Crippen LogP contribution < -0.4 is 9.47 Å². The number of amides is 1. The molecule has 5 aromatic carbocycles. The van der Waals surface area contributed by atoms with Crippen molar-refractivity contribution in [3.63, 3.8) is 0 Å². The molecule has 10 nitrogen and oxygen atoms in total. The highest BCUT2D eigenvalue weighted by molar-refractivity contribution is 6.03. The molecule has 63 heavy (non-hydrogen) atoms. The van der Waals surface area contributed by atoms with Crippen molar-refractivity contribution < 1.29 is 34.1 Å². The molecule has 0 spiro atoms. The van der Waals surface area contributed by atoms with Gasteiger partial charge < -0.3 is 34.2 Å². The van der Waals surface area contributed by atoms with Gasteiger partial charge in [0.1, 0.15) is 29.9 Å². The van der Waals surface area contributed by atoms with Crippen molar-refractivity contribution in [2.75, 3.05) is 26.9 Å². The van der Waals surface area contributed by atoms with Crippen LogP contribution in [-0.4, -0.2) is 65.4 Å². The first-order valence-corrected chi connectivity index (χ1v) is 22.1. The number of ether oxygens (including phenoxy) is 3. The zero-order valence-electron chi connectivity index (χ0n) is 35.8. The van der Waals surface area contributed by atoms with Crippen molar-refractivity contribution in [1.82, 2.24) is 4.90 Å². The van der Waals surface area contributed by atoms with Gasteiger partial charge in [-0.3, -0.25) is 4.79 Å². The van der Waals surface area contributed by atoms with Crippen molar-refractivity contribution in [3.8, 4) is 23.3 Å². The van der Waals surface area contributed by atoms with Crippen LogP contribution in [0, 0.1) is 29.1 Å². The lowest BCUT2D eigenvalue weighted by Crippen LogP contribution is -2.69. The molecule has 2 aliphatic carbocycles. The standard InChI is InChI=1S/C53H55N3O7/c1-3-29-60-53-49(56(2)52(59)39-21-19-36(34-54)20-22-39)33-47(55-61-35-37-13-5-4-6-14-37)45-31-41(17-9-11-27-57)44(18-10-12-28-58)50(51(45)53)46-32-43(25-26-48(46)63-53)62-42-24-23-38-15-7-8-16-40(38)30-42/h3-8,13-16,19-26,30-32,41,44,49-51,57-58H,1,9-12,17-18,27-29,33,35H2,2H3. The molecule has 1 saturated carbocycles. The number of nitrogens with zero attached hydrogens (tertiary/aromatic N) is 3. The number of oxime groups is 1. The maximum atomic E-state index is 14.6. The molecule has 0 aromatic heterocycles. The number of nitriles is 1. The summed E-state index contributed by atoms with van der Waals surface area (Å²) in [7, 11) is 1.77. The second-order valence-electron chi connectivity index (χ2n) is 16.7. The van der Waals surface area contributed by atoms with Gasteiger partial charge in [0.15, 0.2) is 0 Å². The monoisotopic (exact) mass is 845 g/mol. The van der Waals surface area contributed by atoms with E-state index >= 15 is 0 Å². The van der Waals surface area contributed by atoms with Crippen molar-refractivity contribution in [3.05, 3.63) is 162 Å². The Labute approximate surface area is 369 Å². The highest BCUT2D eigenvalue weighted by Crippen LogP contribution is 2.62. The molecule has 1 fully saturated rings. The van der Waals surface area contributed by atoms with E-state index in [0.717, 1.165) is 53.2 Å². The van der Waals surface area contributed by atoms with E-state index in [9.17, 15) is 20.3 Å². The number of hydrogen-bond acceptors (Lipinski definition) is 9. The predicted molar refractivity (Wildman–Crippen MR) is 243 cm³/mol. The van der Waals surface area contributed by atoms with Gasteiger partial charge >= 0.3 is 0 Å². The van der Waals surface area contributed by atoms with Crippen LogP contribution in [0.15, 0.2) is 145 Å². The van der Waals surface area contributed by atoms with Crippen molar-refractivity contribution >= 4 is 22.4 Å². The van der Waals surface area contributed by atoms with Gasteiger partial charge in [-0.2, -0.15) is 5.26 Å². The third kappa shape index (κ3) is 9.14. The van der Waals surface area contributed by atoms with Crippen molar-refractivity contribution in [1.29, 1.82) is 5.26 Å². The Kier molecular flexibility index (Phi) is 13.7. The van der Waals surface area contributed by atoms with E-state index < -0.39 is 17.7 Å². The van der Waals surface area contributed by atoms with E-state index in [2.05, 4.69) is 43.0 Å². The first kappa shape index (κ1) is 43.4. The number of unbranched alkanes of at least 4 members (excludes halogenated alkanes) is 2. The van der Waals surface area contributed by atoms with E-state index in [1.807, 2.05) is 66.7 Å². The minimum atomic E-state index is -1.40. The number of hydrogen-bond donors (Lipinski definition) is 2. The van der Waals surface area contributed by atoms with E-state index in [0.29, 0.717) is 46.9 Å². The Balaban J connectivity index is 1.30. The number of carbonyl (C=O) groups excluding carboxylic acids is 1. The summed E-state index contributed by atoms with van der Waals surface area (Å²) in [4.78, 5) is 22.5. The highest BCUT2D eigenvalue weighted by Gasteiger charge is 2.65. The number of aliphatic hydroxyl groups excluding tert-OH is 2. The summed E-state index contributed by atoms with van der Waals surface area (Å²) in [6, 6.07) is 38.2. The Morgan fingerprint density at radius 1 is 0.905 bits per heavy atom. The highest BCUT2D eigenvalue weighted by atomic mass is 16.7. The predicted octanol–water partition coefficient (Wildman–Crippen LogP) is 10.1. The SMILES string of the molecule is C=CCOC12Oc3ccc(Oc4ccc5ccccc5c4)cc3C3C(CCCCO)C(CCCCO)C=C(C(=NOCc4ccccc4)CC1N(C)C(=O)c1ccc(C#N)cc1)C32. The third-order valence-corrected chi connectivity index (χ3v) is 12.9. The Hall–Kier alpha value is -6.25. The van der Waals surface area contributed by atoms with Crippen LogP contribution in [0.3, 0.4) is 0 Å². The van der Waals surface area contributed by atoms with Gasteiger partial charge in [-0.15, -0.1) is 6.58 Å². The van der Waals surface area contributed by atoms with Crippen LogP contribution in [0.1, 0.15) is 77.9 Å². The number of fused-ring (bicyclic) bond motifs is 3. The zero-order valence-corrected chi connectivity index (χ0v) is 35.8. The Morgan fingerprint density at radius 2 is 1.62 bits per heavy atom. The van der Waals surface area contributed by atoms with Crippen LogP contribution in [0.4, 0.5) is 0 Å². The third-order valence-electron chi connectivity index (χ3n) is 12.9. The van der Waals surface area contributed by atoms with Gasteiger partial charge in [-0.05, 0) is 114 Å². The maximum absolute atomic E-state index is 14.6. The second-order valence-corrected chi connectivity index (χ2v) is 16.7. The van der Waals surface area contributed by atoms with Gasteiger partial charge in [0, 0.05) is 43.7 Å². The largest absolute Gasteiger partial charge is 0.459 e. The van der Waals surface area contributed by atoms with Gasteiger partial charge in [0.2, 0.25) is 5.79 Å². The van der Waals surface area contributed by atoms with Crippen LogP contribution in [-0.2, 0) is 16.2 Å². The summed E-state index contributed by atoms with van der Waals surface area (Å²) >= 11 is 0. The summed E-state index contributed by atoms with van der Waals surface area (Å²) in [5, 5.41) is 36.6. The van der Waals surface area contributed by atoms with E-state index in [1.165, 1.54) is 0 Å². The average molecular weight is 846 g/mol. The average Bonchev–Trinajstić information content (AvgIpc) is 3.32. The van der Waals surface area contributed by atoms with Crippen molar-refractivity contribution in [2.45, 2.75) is 69.3 Å². The van der Waals surface area contributed by atoms with Gasteiger partial charge in [0.25, 0.3) is 5.91 Å². The minimum absolute atomic E-state index is 0.0547. The number of benzene rings is 5. The molecule has 6 atom stereocenters. The molecule has 1 amide bonds. The summed E-state index contributed by atoms with van der Waals surface area (Å²) < 4.78 is 21.0. The van der Waals surface area contributed by atoms with Gasteiger partial charge in [0.05, 0.1) is 29.9 Å². The molecule has 0 radical (unpaired) electrons. The molecular weight excluding hydrogens is 791 g/mol. The van der Waals surface area contributed by atoms with Gasteiger partial charge in [-0.25, -0.2) is 0 Å². The molecule has 3 aliphatic rings. The minimum Gasteiger partial charge on any atom is -0.459 e. The van der Waals surface area contributed by atoms with Crippen molar-refractivity contribution in [2.24, 2.45) is 22.9 Å². The molecule has 1 heterocycles. The summed E-state index contributed by atoms with van der Waals surface area (Å²) in [6.07, 6.45) is 8.91. The number of carbonyl (C=O) groups is 1. The molecule has 324 valence electrons. The molecule has 1 aliphatic heterocycles. The normalized spacial score (nSPS) is 22.8. The van der Waals surface area contributed by atoms with Crippen LogP contribution in [0.5, 0.6) is 17.2 Å². The molecular formula is C53H55N3O7. The lowest BCUT2D eigenvalue weighted by atomic mass is 9.55. The van der Waals surface area contributed by atoms with Crippen LogP contribution in [0.25, 0.3) is 10.8 Å². The second kappa shape index (κ2) is 19.9. The number of allylic oxidation sites excluding steroid dienone is 1. The zero-order chi connectivity index (χ0) is 43.8. The number of aliphatic hydroxyl groups is 2. The molecule has 0 bridgehead atoms. The molecule has 5 aromatic rings. The summed E-state index contributed by atoms with van der Waals surface area (Å²) in [5.74, 6) is -0.198. The first-order valence-electron chi connectivity index (χ1n) is 22.1. The van der Waals surface area contributed by atoms with Crippen LogP contribution in [0.2, 0.25) is 0 Å². The summed E-state index contributed by atoms with van der Waals surface area (Å²) in [6.45, 7) is 4.64. The topological polar surface area (TPSA) is 134 Å². The first-order chi connectivity index (χ1) is 30.9. The Morgan fingerprint density at radius 3 is 2.37 bits per heavy atom. The molecule has 8 rings (SSSR count). The molecule has 2 N–H and O–H groups in total. The maximum Gasteiger partial charge on any atom is 0.254 e. The number of rotatable bonds is 18. The van der Waals surface area contributed by atoms with E-state index in [1.54, 1.807) is 42.3 Å². The molecule has 10 heteroatoms. The quantitative estimate of drug-likeness (QED) is 0.0506. The fourth-order valence-electron chi connectivity index (χ4n) is 9.95. The smallest absolute Gasteiger partial charge is 0.254 e.